The van der Waals surface area contributed by atoms with E-state index in [-0.39, 0.29) is 5.78 Å². The van der Waals surface area contributed by atoms with Gasteiger partial charge in [-0.2, -0.15) is 0 Å². The number of aromatic nitrogens is 1. The minimum Gasteiger partial charge on any atom is -0.289 e. The number of hydrogen-bond donors (Lipinski definition) is 0. The molecule has 2 nitrogen and oxygen atoms in total. The second-order valence-electron chi connectivity index (χ2n) is 6.25. The molecular formula is C24H16ClNO. The Hall–Kier alpha value is -3.23. The molecule has 0 aliphatic rings. The molecule has 3 heteroatoms. The first-order chi connectivity index (χ1) is 13.2. The van der Waals surface area contributed by atoms with E-state index in [4.69, 9.17) is 11.6 Å². The summed E-state index contributed by atoms with van der Waals surface area (Å²) in [4.78, 5) is 17.0. The molecule has 0 saturated heterocycles. The monoisotopic (exact) mass is 369 g/mol. The summed E-state index contributed by atoms with van der Waals surface area (Å²) in [6.45, 7) is 0. The Kier molecular flexibility index (Phi) is 4.82. The molecular weight excluding hydrogens is 354 g/mol. The van der Waals surface area contributed by atoms with Crippen LogP contribution in [0.25, 0.3) is 22.3 Å². The summed E-state index contributed by atoms with van der Waals surface area (Å²) < 4.78 is 0. The Morgan fingerprint density at radius 2 is 1.33 bits per heavy atom. The minimum absolute atomic E-state index is 0.00792. The summed E-state index contributed by atoms with van der Waals surface area (Å²) in [5, 5.41) is 0.570. The van der Waals surface area contributed by atoms with E-state index in [2.05, 4.69) is 17.1 Å². The summed E-state index contributed by atoms with van der Waals surface area (Å²) in [5.41, 5.74) is 5.32. The van der Waals surface area contributed by atoms with E-state index < -0.39 is 0 Å². The number of rotatable bonds is 4. The lowest BCUT2D eigenvalue weighted by Gasteiger charge is -2.07. The number of nitrogens with zero attached hydrogens (tertiary/aromatic N) is 1. The van der Waals surface area contributed by atoms with Gasteiger partial charge in [0.1, 0.15) is 0 Å². The van der Waals surface area contributed by atoms with E-state index in [1.165, 1.54) is 0 Å². The topological polar surface area (TPSA) is 30.0 Å². The number of hydrogen-bond acceptors (Lipinski definition) is 2. The molecule has 3 aromatic carbocycles. The van der Waals surface area contributed by atoms with Crippen LogP contribution in [0.1, 0.15) is 15.9 Å². The molecule has 0 fully saturated rings. The number of ketones is 1. The quantitative estimate of drug-likeness (QED) is 0.395. The van der Waals surface area contributed by atoms with Crippen molar-refractivity contribution < 1.29 is 4.79 Å². The second-order valence-corrected chi connectivity index (χ2v) is 6.68. The molecule has 0 saturated carbocycles. The molecule has 1 heterocycles. The molecule has 4 rings (SSSR count). The largest absolute Gasteiger partial charge is 0.289 e. The number of benzene rings is 3. The molecule has 0 radical (unpaired) electrons. The van der Waals surface area contributed by atoms with Crippen LogP contribution in [0.5, 0.6) is 0 Å². The Labute approximate surface area is 163 Å². The maximum atomic E-state index is 12.9. The highest BCUT2D eigenvalue weighted by Crippen LogP contribution is 2.24. The van der Waals surface area contributed by atoms with E-state index in [1.54, 1.807) is 12.4 Å². The first-order valence-corrected chi connectivity index (χ1v) is 9.00. The van der Waals surface area contributed by atoms with Crippen molar-refractivity contribution in [3.05, 3.63) is 113 Å². The van der Waals surface area contributed by atoms with Crippen LogP contribution in [0.4, 0.5) is 0 Å². The predicted molar refractivity (Wildman–Crippen MR) is 110 cm³/mol. The third-order valence-electron chi connectivity index (χ3n) is 4.42. The van der Waals surface area contributed by atoms with Crippen molar-refractivity contribution in [3.8, 4) is 22.3 Å². The highest BCUT2D eigenvalue weighted by molar-refractivity contribution is 6.30. The van der Waals surface area contributed by atoms with Crippen molar-refractivity contribution in [3.63, 3.8) is 0 Å². The van der Waals surface area contributed by atoms with E-state index in [0.717, 1.165) is 22.3 Å². The smallest absolute Gasteiger partial charge is 0.193 e. The van der Waals surface area contributed by atoms with Gasteiger partial charge in [-0.25, -0.2) is 0 Å². The highest BCUT2D eigenvalue weighted by Gasteiger charge is 2.11. The van der Waals surface area contributed by atoms with Gasteiger partial charge in [0.2, 0.25) is 0 Å². The van der Waals surface area contributed by atoms with Gasteiger partial charge in [0.05, 0.1) is 5.02 Å². The van der Waals surface area contributed by atoms with E-state index in [9.17, 15) is 4.79 Å². The molecule has 0 N–H and O–H groups in total. The maximum absolute atomic E-state index is 12.9. The normalized spacial score (nSPS) is 10.6. The van der Waals surface area contributed by atoms with Crippen molar-refractivity contribution in [2.45, 2.75) is 0 Å². The van der Waals surface area contributed by atoms with Crippen LogP contribution in [0.3, 0.4) is 0 Å². The number of carbonyl (C=O) groups is 1. The molecule has 0 atom stereocenters. The van der Waals surface area contributed by atoms with Crippen LogP contribution in [0, 0.1) is 0 Å². The molecule has 0 aliphatic heterocycles. The zero-order valence-corrected chi connectivity index (χ0v) is 15.2. The van der Waals surface area contributed by atoms with Gasteiger partial charge in [0.25, 0.3) is 0 Å². The maximum Gasteiger partial charge on any atom is 0.193 e. The van der Waals surface area contributed by atoms with Crippen molar-refractivity contribution in [2.24, 2.45) is 0 Å². The highest BCUT2D eigenvalue weighted by atomic mass is 35.5. The van der Waals surface area contributed by atoms with Gasteiger partial charge in [-0.15, -0.1) is 0 Å². The van der Waals surface area contributed by atoms with Gasteiger partial charge in [-0.3, -0.25) is 9.78 Å². The molecule has 0 unspecified atom stereocenters. The lowest BCUT2D eigenvalue weighted by Crippen LogP contribution is -2.01. The van der Waals surface area contributed by atoms with Crippen molar-refractivity contribution in [1.29, 1.82) is 0 Å². The van der Waals surface area contributed by atoms with Crippen LogP contribution in [0.15, 0.2) is 97.3 Å². The fourth-order valence-electron chi connectivity index (χ4n) is 3.02. The molecule has 0 amide bonds. The molecule has 27 heavy (non-hydrogen) atoms. The molecule has 130 valence electrons. The average Bonchev–Trinajstić information content (AvgIpc) is 2.74. The van der Waals surface area contributed by atoms with Gasteiger partial charge in [0.15, 0.2) is 5.78 Å². The van der Waals surface area contributed by atoms with E-state index in [1.807, 2.05) is 72.8 Å². The van der Waals surface area contributed by atoms with Gasteiger partial charge < -0.3 is 0 Å². The molecule has 4 aromatic rings. The van der Waals surface area contributed by atoms with Crippen LogP contribution in [-0.4, -0.2) is 10.8 Å². The average molecular weight is 370 g/mol. The van der Waals surface area contributed by atoms with Crippen LogP contribution >= 0.6 is 11.6 Å². The van der Waals surface area contributed by atoms with Crippen LogP contribution < -0.4 is 0 Å². The SMILES string of the molecule is O=C(c1ccc(-c2ccccc2)cc1)c1cccc(-c2cncc(Cl)c2)c1. The first kappa shape index (κ1) is 17.2. The first-order valence-electron chi connectivity index (χ1n) is 8.62. The van der Waals surface area contributed by atoms with Gasteiger partial charge in [-0.1, -0.05) is 84.4 Å². The molecule has 1 aromatic heterocycles. The lowest BCUT2D eigenvalue weighted by molar-refractivity contribution is 0.103. The van der Waals surface area contributed by atoms with Crippen LogP contribution in [0.2, 0.25) is 5.02 Å². The third-order valence-corrected chi connectivity index (χ3v) is 4.62. The van der Waals surface area contributed by atoms with Crippen molar-refractivity contribution >= 4 is 17.4 Å². The standard InChI is InChI=1S/C24H16ClNO/c25-23-14-22(15-26-16-23)20-7-4-8-21(13-20)24(27)19-11-9-18(10-12-19)17-5-2-1-3-6-17/h1-16H. The number of halogens is 1. The fraction of sp³-hybridized carbons (Fsp3) is 0. The second kappa shape index (κ2) is 7.56. The predicted octanol–water partition coefficient (Wildman–Crippen LogP) is 6.30. The summed E-state index contributed by atoms with van der Waals surface area (Å²) >= 11 is 6.03. The lowest BCUT2D eigenvalue weighted by atomic mass is 9.97. The zero-order chi connectivity index (χ0) is 18.6. The fourth-order valence-corrected chi connectivity index (χ4v) is 3.19. The number of carbonyl (C=O) groups excluding carboxylic acids is 1. The Bertz CT molecular complexity index is 1090. The van der Waals surface area contributed by atoms with Crippen LogP contribution in [-0.2, 0) is 0 Å². The minimum atomic E-state index is -0.00792. The zero-order valence-electron chi connectivity index (χ0n) is 14.5. The summed E-state index contributed by atoms with van der Waals surface area (Å²) in [6, 6.07) is 27.2. The Balaban J connectivity index is 1.62. The third kappa shape index (κ3) is 3.81. The van der Waals surface area contributed by atoms with Gasteiger partial charge >= 0.3 is 0 Å². The van der Waals surface area contributed by atoms with Crippen molar-refractivity contribution in [2.75, 3.05) is 0 Å². The molecule has 0 bridgehead atoms. The Morgan fingerprint density at radius 1 is 0.630 bits per heavy atom. The summed E-state index contributed by atoms with van der Waals surface area (Å²) in [6.07, 6.45) is 3.33. The van der Waals surface area contributed by atoms with Gasteiger partial charge in [-0.05, 0) is 28.8 Å². The summed E-state index contributed by atoms with van der Waals surface area (Å²) in [7, 11) is 0. The summed E-state index contributed by atoms with van der Waals surface area (Å²) in [5.74, 6) is -0.00792. The van der Waals surface area contributed by atoms with Gasteiger partial charge in [0, 0.05) is 29.1 Å². The number of pyridine rings is 1. The molecule has 0 aliphatic carbocycles. The van der Waals surface area contributed by atoms with Crippen molar-refractivity contribution in [1.82, 2.24) is 4.98 Å². The molecule has 0 spiro atoms. The van der Waals surface area contributed by atoms with E-state index >= 15 is 0 Å². The van der Waals surface area contributed by atoms with E-state index in [0.29, 0.717) is 16.1 Å². The Morgan fingerprint density at radius 3 is 2.07 bits per heavy atom.